The van der Waals surface area contributed by atoms with Crippen molar-refractivity contribution in [3.63, 3.8) is 0 Å². The SMILES string of the molecule is CCS(=O)(=O)N(Cc1ccc(OC)cc1)[C@@H]1CN(C(=O)OC(C)(C)C)[C@H](CO[Si](C)(C)C(C)(C)C)C1(F)F. The molecule has 1 fully saturated rings. The molecule has 2 rings (SSSR count). The number of rotatable bonds is 9. The second kappa shape index (κ2) is 11.4. The van der Waals surface area contributed by atoms with E-state index in [0.717, 1.165) is 9.21 Å². The molecule has 0 bridgehead atoms. The molecule has 1 amide bonds. The number of nitrogens with zero attached hydrogens (tertiary/aromatic N) is 2. The van der Waals surface area contributed by atoms with Crippen LogP contribution in [0.3, 0.4) is 0 Å². The lowest BCUT2D eigenvalue weighted by Gasteiger charge is -2.39. The van der Waals surface area contributed by atoms with Gasteiger partial charge in [0.25, 0.3) is 5.92 Å². The van der Waals surface area contributed by atoms with Gasteiger partial charge in [0.1, 0.15) is 23.4 Å². The van der Waals surface area contributed by atoms with Crippen molar-refractivity contribution < 1.29 is 35.9 Å². The molecule has 38 heavy (non-hydrogen) atoms. The highest BCUT2D eigenvalue weighted by atomic mass is 32.2. The molecule has 2 atom stereocenters. The van der Waals surface area contributed by atoms with Crippen LogP contribution in [0.5, 0.6) is 5.75 Å². The molecule has 0 N–H and O–H groups in total. The average Bonchev–Trinajstić information content (AvgIpc) is 3.04. The van der Waals surface area contributed by atoms with Crippen molar-refractivity contribution in [1.29, 1.82) is 0 Å². The molecule has 12 heteroatoms. The molecular formula is C26H44F2N2O6SSi. The van der Waals surface area contributed by atoms with Gasteiger partial charge in [-0.25, -0.2) is 22.0 Å². The topological polar surface area (TPSA) is 85.4 Å². The summed E-state index contributed by atoms with van der Waals surface area (Å²) in [4.78, 5) is 14.1. The van der Waals surface area contributed by atoms with E-state index in [1.807, 2.05) is 33.9 Å². The van der Waals surface area contributed by atoms with Gasteiger partial charge in [0.15, 0.2) is 8.32 Å². The van der Waals surface area contributed by atoms with Crippen molar-refractivity contribution in [2.75, 3.05) is 26.0 Å². The Morgan fingerprint density at radius 3 is 2.13 bits per heavy atom. The van der Waals surface area contributed by atoms with E-state index in [9.17, 15) is 13.2 Å². The summed E-state index contributed by atoms with van der Waals surface area (Å²) in [6.45, 7) is 15.0. The lowest BCUT2D eigenvalue weighted by Crippen LogP contribution is -2.54. The third-order valence-corrected chi connectivity index (χ3v) is 13.6. The van der Waals surface area contributed by atoms with Gasteiger partial charge < -0.3 is 13.9 Å². The summed E-state index contributed by atoms with van der Waals surface area (Å²) in [5.74, 6) is -3.41. The van der Waals surface area contributed by atoms with E-state index in [1.54, 1.807) is 45.0 Å². The van der Waals surface area contributed by atoms with Crippen LogP contribution < -0.4 is 4.74 Å². The number of halogens is 2. The Balaban J connectivity index is 2.52. The van der Waals surface area contributed by atoms with Crippen LogP contribution in [0.4, 0.5) is 13.6 Å². The molecule has 0 aromatic heterocycles. The fourth-order valence-electron chi connectivity index (χ4n) is 3.85. The maximum absolute atomic E-state index is 16.3. The zero-order valence-corrected chi connectivity index (χ0v) is 26.1. The van der Waals surface area contributed by atoms with E-state index < -0.39 is 61.2 Å². The first-order valence-corrected chi connectivity index (χ1v) is 17.3. The molecule has 0 saturated carbocycles. The Bertz CT molecular complexity index is 1070. The normalized spacial score (nSPS) is 20.6. The number of methoxy groups -OCH3 is 1. The van der Waals surface area contributed by atoms with E-state index >= 15 is 8.78 Å². The van der Waals surface area contributed by atoms with E-state index in [0.29, 0.717) is 11.3 Å². The summed E-state index contributed by atoms with van der Waals surface area (Å²) in [5, 5.41) is -0.247. The summed E-state index contributed by atoms with van der Waals surface area (Å²) in [7, 11) is -5.06. The van der Waals surface area contributed by atoms with Gasteiger partial charge in [-0.15, -0.1) is 0 Å². The van der Waals surface area contributed by atoms with E-state index in [1.165, 1.54) is 14.0 Å². The summed E-state index contributed by atoms with van der Waals surface area (Å²) in [6, 6.07) is 3.06. The van der Waals surface area contributed by atoms with Gasteiger partial charge >= 0.3 is 6.09 Å². The van der Waals surface area contributed by atoms with Crippen molar-refractivity contribution in [2.24, 2.45) is 0 Å². The van der Waals surface area contributed by atoms with Crippen LogP contribution in [0.25, 0.3) is 0 Å². The summed E-state index contributed by atoms with van der Waals surface area (Å²) in [5.41, 5.74) is -0.406. The Labute approximate surface area is 227 Å². The van der Waals surface area contributed by atoms with E-state index in [2.05, 4.69) is 0 Å². The van der Waals surface area contributed by atoms with Gasteiger partial charge in [0.2, 0.25) is 10.0 Å². The van der Waals surface area contributed by atoms with E-state index in [-0.39, 0.29) is 17.3 Å². The lowest BCUT2D eigenvalue weighted by molar-refractivity contribution is -0.0794. The van der Waals surface area contributed by atoms with Crippen molar-refractivity contribution in [3.05, 3.63) is 29.8 Å². The van der Waals surface area contributed by atoms with Crippen molar-refractivity contribution >= 4 is 24.4 Å². The van der Waals surface area contributed by atoms with Crippen LogP contribution in [-0.4, -0.2) is 81.7 Å². The third-order valence-electron chi connectivity index (χ3n) is 7.24. The number of carbonyl (C=O) groups is 1. The van der Waals surface area contributed by atoms with Crippen LogP contribution in [-0.2, 0) is 25.7 Å². The zero-order chi connectivity index (χ0) is 29.3. The smallest absolute Gasteiger partial charge is 0.410 e. The highest BCUT2D eigenvalue weighted by molar-refractivity contribution is 7.89. The molecule has 0 aliphatic carbocycles. The molecule has 0 spiro atoms. The molecule has 1 aromatic carbocycles. The first-order chi connectivity index (χ1) is 17.2. The molecule has 1 aliphatic heterocycles. The number of alkyl halides is 2. The van der Waals surface area contributed by atoms with Crippen LogP contribution in [0.15, 0.2) is 24.3 Å². The van der Waals surface area contributed by atoms with Crippen molar-refractivity contribution in [1.82, 2.24) is 9.21 Å². The minimum absolute atomic E-state index is 0.247. The average molecular weight is 579 g/mol. The molecule has 1 aliphatic rings. The largest absolute Gasteiger partial charge is 0.497 e. The molecule has 0 radical (unpaired) electrons. The third kappa shape index (κ3) is 7.45. The number of hydrogen-bond donors (Lipinski definition) is 0. The first-order valence-electron chi connectivity index (χ1n) is 12.8. The number of hydrogen-bond acceptors (Lipinski definition) is 6. The number of sulfonamides is 1. The number of benzene rings is 1. The maximum atomic E-state index is 16.3. The summed E-state index contributed by atoms with van der Waals surface area (Å²) in [6.07, 6.45) is -0.929. The number of ether oxygens (including phenoxy) is 2. The van der Waals surface area contributed by atoms with Gasteiger partial charge in [-0.2, -0.15) is 4.31 Å². The highest BCUT2D eigenvalue weighted by Crippen LogP contribution is 2.42. The van der Waals surface area contributed by atoms with Crippen LogP contribution in [0.2, 0.25) is 18.1 Å². The van der Waals surface area contributed by atoms with Gasteiger partial charge in [0, 0.05) is 13.1 Å². The Morgan fingerprint density at radius 1 is 1.13 bits per heavy atom. The first kappa shape index (κ1) is 32.4. The summed E-state index contributed by atoms with van der Waals surface area (Å²) < 4.78 is 76.5. The quantitative estimate of drug-likeness (QED) is 0.360. The molecule has 0 unspecified atom stereocenters. The van der Waals surface area contributed by atoms with Crippen molar-refractivity contribution in [2.45, 2.75) is 96.8 Å². The second-order valence-electron chi connectivity index (χ2n) is 12.2. The van der Waals surface area contributed by atoms with Crippen LogP contribution in [0.1, 0.15) is 54.0 Å². The van der Waals surface area contributed by atoms with Gasteiger partial charge in [-0.1, -0.05) is 32.9 Å². The fourth-order valence-corrected chi connectivity index (χ4v) is 6.13. The number of amides is 1. The number of carbonyl (C=O) groups excluding carboxylic acids is 1. The minimum Gasteiger partial charge on any atom is -0.497 e. The maximum Gasteiger partial charge on any atom is 0.410 e. The predicted octanol–water partition coefficient (Wildman–Crippen LogP) is 5.49. The Morgan fingerprint density at radius 2 is 1.68 bits per heavy atom. The number of likely N-dealkylation sites (tertiary alicyclic amines) is 1. The lowest BCUT2D eigenvalue weighted by atomic mass is 10.1. The predicted molar refractivity (Wildman–Crippen MR) is 147 cm³/mol. The van der Waals surface area contributed by atoms with Gasteiger partial charge in [0.05, 0.1) is 19.5 Å². The summed E-state index contributed by atoms with van der Waals surface area (Å²) >= 11 is 0. The van der Waals surface area contributed by atoms with Crippen LogP contribution in [0, 0.1) is 0 Å². The fraction of sp³-hybridized carbons (Fsp3) is 0.731. The van der Waals surface area contributed by atoms with Crippen LogP contribution >= 0.6 is 0 Å². The van der Waals surface area contributed by atoms with Crippen molar-refractivity contribution in [3.8, 4) is 5.75 Å². The molecular weight excluding hydrogens is 534 g/mol. The van der Waals surface area contributed by atoms with Gasteiger partial charge in [-0.05, 0) is 63.5 Å². The minimum atomic E-state index is -4.09. The molecule has 218 valence electrons. The molecule has 1 heterocycles. The Kier molecular flexibility index (Phi) is 9.72. The standard InChI is InChI=1S/C26H44F2N2O6SSi/c1-11-37(32,33)30(16-19-12-14-20(34-8)15-13-19)21-17-29(23(31)36-24(2,3)4)22(26(21,27)28)18-35-38(9,10)25(5,6)7/h12-15,21-22H,11,16-18H2,1-10H3/t21-,22-/m1/s1. The molecule has 1 aromatic rings. The molecule has 8 nitrogen and oxygen atoms in total. The second-order valence-corrected chi connectivity index (χ2v) is 19.2. The van der Waals surface area contributed by atoms with E-state index in [4.69, 9.17) is 13.9 Å². The van der Waals surface area contributed by atoms with Gasteiger partial charge in [-0.3, -0.25) is 4.90 Å². The monoisotopic (exact) mass is 578 g/mol. The zero-order valence-electron chi connectivity index (χ0n) is 24.3. The molecule has 1 saturated heterocycles. The highest BCUT2D eigenvalue weighted by Gasteiger charge is 2.62. The Hall–Kier alpha value is -1.76.